The van der Waals surface area contributed by atoms with Crippen LogP contribution in [0.25, 0.3) is 0 Å². The van der Waals surface area contributed by atoms with Crippen LogP contribution < -0.4 is 10.6 Å². The zero-order valence-corrected chi connectivity index (χ0v) is 8.98. The summed E-state index contributed by atoms with van der Waals surface area (Å²) in [6.45, 7) is 3.63. The lowest BCUT2D eigenvalue weighted by Gasteiger charge is -2.32. The van der Waals surface area contributed by atoms with E-state index in [-0.39, 0.29) is 6.10 Å². The maximum Gasteiger partial charge on any atom is 0.133 e. The number of aliphatic hydroxyl groups excluding tert-OH is 1. The van der Waals surface area contributed by atoms with Crippen LogP contribution >= 0.6 is 0 Å². The predicted molar refractivity (Wildman–Crippen MR) is 60.8 cm³/mol. The van der Waals surface area contributed by atoms with E-state index >= 15 is 0 Å². The Bertz CT molecular complexity index is 354. The number of nitrogens with two attached hydrogens (primary N) is 1. The summed E-state index contributed by atoms with van der Waals surface area (Å²) in [5, 5.41) is 9.60. The highest BCUT2D eigenvalue weighted by atomic mass is 16.3. The highest BCUT2D eigenvalue weighted by Gasteiger charge is 2.20. The van der Waals surface area contributed by atoms with Gasteiger partial charge in [-0.1, -0.05) is 6.07 Å². The number of β-amino-alcohol motifs (C(OH)–C–C–N with tert-alkyl or cyclic N) is 1. The van der Waals surface area contributed by atoms with Crippen LogP contribution in [0.1, 0.15) is 18.4 Å². The summed E-state index contributed by atoms with van der Waals surface area (Å²) in [5.74, 6) is 1.45. The predicted octanol–water partition coefficient (Wildman–Crippen LogP) is 0.933. The van der Waals surface area contributed by atoms with E-state index in [0.717, 1.165) is 30.8 Å². The Morgan fingerprint density at radius 2 is 2.33 bits per heavy atom. The minimum Gasteiger partial charge on any atom is -0.391 e. The third-order valence-electron chi connectivity index (χ3n) is 2.79. The molecule has 4 nitrogen and oxygen atoms in total. The van der Waals surface area contributed by atoms with Crippen molar-refractivity contribution in [3.8, 4) is 0 Å². The van der Waals surface area contributed by atoms with Crippen LogP contribution in [0.15, 0.2) is 12.1 Å². The molecule has 2 rings (SSSR count). The van der Waals surface area contributed by atoms with Crippen molar-refractivity contribution in [2.45, 2.75) is 25.9 Å². The number of hydrogen-bond donors (Lipinski definition) is 2. The van der Waals surface area contributed by atoms with Crippen molar-refractivity contribution in [2.75, 3.05) is 23.7 Å². The first-order valence-corrected chi connectivity index (χ1v) is 5.33. The molecule has 0 spiro atoms. The number of aromatic nitrogens is 1. The maximum absolute atomic E-state index is 9.60. The van der Waals surface area contributed by atoms with Gasteiger partial charge in [-0.05, 0) is 31.4 Å². The summed E-state index contributed by atoms with van der Waals surface area (Å²) < 4.78 is 0. The number of hydrogen-bond acceptors (Lipinski definition) is 4. The number of piperidine rings is 1. The quantitative estimate of drug-likeness (QED) is 0.719. The van der Waals surface area contributed by atoms with Crippen LogP contribution in [0.2, 0.25) is 0 Å². The SMILES string of the molecule is Cc1ccc(N)nc1N1CCCC(O)C1. The van der Waals surface area contributed by atoms with Gasteiger partial charge < -0.3 is 15.7 Å². The van der Waals surface area contributed by atoms with Gasteiger partial charge in [0.05, 0.1) is 6.10 Å². The number of nitrogens with zero attached hydrogens (tertiary/aromatic N) is 2. The lowest BCUT2D eigenvalue weighted by Crippen LogP contribution is -2.39. The summed E-state index contributed by atoms with van der Waals surface area (Å²) in [6, 6.07) is 3.78. The van der Waals surface area contributed by atoms with Gasteiger partial charge in [-0.3, -0.25) is 0 Å². The van der Waals surface area contributed by atoms with E-state index in [1.165, 1.54) is 0 Å². The number of aryl methyl sites for hydroxylation is 1. The molecule has 0 radical (unpaired) electrons. The second-order valence-electron chi connectivity index (χ2n) is 4.12. The molecule has 1 unspecified atom stereocenters. The smallest absolute Gasteiger partial charge is 0.133 e. The van der Waals surface area contributed by atoms with Crippen molar-refractivity contribution >= 4 is 11.6 Å². The van der Waals surface area contributed by atoms with E-state index in [9.17, 15) is 5.11 Å². The van der Waals surface area contributed by atoms with E-state index in [4.69, 9.17) is 5.73 Å². The lowest BCUT2D eigenvalue weighted by atomic mass is 10.1. The minimum atomic E-state index is -0.235. The van der Waals surface area contributed by atoms with Crippen molar-refractivity contribution in [3.63, 3.8) is 0 Å². The molecule has 0 amide bonds. The molecule has 1 aromatic heterocycles. The van der Waals surface area contributed by atoms with E-state index in [1.807, 2.05) is 13.0 Å². The molecule has 1 aliphatic heterocycles. The molecule has 1 aromatic rings. The molecule has 0 bridgehead atoms. The monoisotopic (exact) mass is 207 g/mol. The summed E-state index contributed by atoms with van der Waals surface area (Å²) in [5.41, 5.74) is 6.78. The Labute approximate surface area is 89.7 Å². The van der Waals surface area contributed by atoms with Crippen LogP contribution in [0.3, 0.4) is 0 Å². The molecule has 82 valence electrons. The number of anilines is 2. The van der Waals surface area contributed by atoms with Gasteiger partial charge in [0, 0.05) is 13.1 Å². The number of pyridine rings is 1. The average molecular weight is 207 g/mol. The Kier molecular flexibility index (Phi) is 2.77. The van der Waals surface area contributed by atoms with Gasteiger partial charge in [-0.2, -0.15) is 0 Å². The fourth-order valence-electron chi connectivity index (χ4n) is 2.00. The van der Waals surface area contributed by atoms with Crippen LogP contribution in [0, 0.1) is 6.92 Å². The normalized spacial score (nSPS) is 21.7. The topological polar surface area (TPSA) is 62.4 Å². The lowest BCUT2D eigenvalue weighted by molar-refractivity contribution is 0.154. The molecule has 4 heteroatoms. The van der Waals surface area contributed by atoms with Gasteiger partial charge in [0.25, 0.3) is 0 Å². The van der Waals surface area contributed by atoms with Crippen molar-refractivity contribution in [2.24, 2.45) is 0 Å². The number of aliphatic hydroxyl groups is 1. The molecule has 3 N–H and O–H groups in total. The van der Waals surface area contributed by atoms with Crippen molar-refractivity contribution in [3.05, 3.63) is 17.7 Å². The van der Waals surface area contributed by atoms with Gasteiger partial charge in [0.1, 0.15) is 11.6 Å². The summed E-state index contributed by atoms with van der Waals surface area (Å²) in [6.07, 6.45) is 1.66. The largest absolute Gasteiger partial charge is 0.391 e. The molecule has 1 atom stereocenters. The zero-order chi connectivity index (χ0) is 10.8. The zero-order valence-electron chi connectivity index (χ0n) is 8.98. The first-order valence-electron chi connectivity index (χ1n) is 5.33. The summed E-state index contributed by atoms with van der Waals surface area (Å²) in [4.78, 5) is 6.43. The van der Waals surface area contributed by atoms with Crippen LogP contribution in [-0.2, 0) is 0 Å². The van der Waals surface area contributed by atoms with E-state index in [2.05, 4.69) is 9.88 Å². The molecule has 0 saturated carbocycles. The molecular formula is C11H17N3O. The highest BCUT2D eigenvalue weighted by Crippen LogP contribution is 2.22. The van der Waals surface area contributed by atoms with Gasteiger partial charge in [0.15, 0.2) is 0 Å². The molecule has 0 aromatic carbocycles. The molecule has 15 heavy (non-hydrogen) atoms. The van der Waals surface area contributed by atoms with Gasteiger partial charge in [0.2, 0.25) is 0 Å². The Morgan fingerprint density at radius 3 is 3.07 bits per heavy atom. The molecule has 2 heterocycles. The van der Waals surface area contributed by atoms with E-state index in [0.29, 0.717) is 12.4 Å². The van der Waals surface area contributed by atoms with Crippen molar-refractivity contribution in [1.82, 2.24) is 4.98 Å². The molecule has 1 saturated heterocycles. The Hall–Kier alpha value is -1.29. The third-order valence-corrected chi connectivity index (χ3v) is 2.79. The van der Waals surface area contributed by atoms with Crippen molar-refractivity contribution in [1.29, 1.82) is 0 Å². The van der Waals surface area contributed by atoms with Gasteiger partial charge in [-0.25, -0.2) is 4.98 Å². The number of rotatable bonds is 1. The molecule has 1 aliphatic rings. The summed E-state index contributed by atoms with van der Waals surface area (Å²) >= 11 is 0. The Balaban J connectivity index is 2.24. The first kappa shape index (κ1) is 10.2. The van der Waals surface area contributed by atoms with Gasteiger partial charge >= 0.3 is 0 Å². The fraction of sp³-hybridized carbons (Fsp3) is 0.545. The second kappa shape index (κ2) is 4.06. The van der Waals surface area contributed by atoms with Crippen LogP contribution in [-0.4, -0.2) is 29.3 Å². The van der Waals surface area contributed by atoms with E-state index < -0.39 is 0 Å². The van der Waals surface area contributed by atoms with Gasteiger partial charge in [-0.15, -0.1) is 0 Å². The standard InChI is InChI=1S/C11H17N3O/c1-8-4-5-10(12)13-11(8)14-6-2-3-9(15)7-14/h4-5,9,15H,2-3,6-7H2,1H3,(H2,12,13). The number of nitrogen functional groups attached to an aromatic ring is 1. The second-order valence-corrected chi connectivity index (χ2v) is 4.12. The minimum absolute atomic E-state index is 0.235. The maximum atomic E-state index is 9.60. The third kappa shape index (κ3) is 2.21. The molecule has 1 fully saturated rings. The first-order chi connectivity index (χ1) is 7.16. The average Bonchev–Trinajstić information content (AvgIpc) is 2.22. The fourth-order valence-corrected chi connectivity index (χ4v) is 2.00. The van der Waals surface area contributed by atoms with Crippen LogP contribution in [0.4, 0.5) is 11.6 Å². The van der Waals surface area contributed by atoms with Crippen LogP contribution in [0.5, 0.6) is 0 Å². The highest BCUT2D eigenvalue weighted by molar-refractivity contribution is 5.51. The Morgan fingerprint density at radius 1 is 1.53 bits per heavy atom. The summed E-state index contributed by atoms with van der Waals surface area (Å²) in [7, 11) is 0. The van der Waals surface area contributed by atoms with Crippen molar-refractivity contribution < 1.29 is 5.11 Å². The molecule has 0 aliphatic carbocycles. The van der Waals surface area contributed by atoms with E-state index in [1.54, 1.807) is 6.07 Å². The molecular weight excluding hydrogens is 190 g/mol.